The quantitative estimate of drug-likeness (QED) is 0.292. The van der Waals surface area contributed by atoms with Gasteiger partial charge in [0.25, 0.3) is 0 Å². The van der Waals surface area contributed by atoms with Crippen molar-refractivity contribution >= 4 is 5.97 Å². The maximum atomic E-state index is 10.9. The molecule has 74 valence electrons. The Labute approximate surface area is 79.5 Å². The third-order valence-corrected chi connectivity index (χ3v) is 1.59. The van der Waals surface area contributed by atoms with Crippen molar-refractivity contribution in [1.82, 2.24) is 5.32 Å². The van der Waals surface area contributed by atoms with E-state index >= 15 is 0 Å². The van der Waals surface area contributed by atoms with E-state index in [1.807, 2.05) is 12.2 Å². The molecule has 0 saturated carbocycles. The van der Waals surface area contributed by atoms with E-state index in [0.29, 0.717) is 12.1 Å². The molecule has 0 aliphatic rings. The van der Waals surface area contributed by atoms with Crippen molar-refractivity contribution in [2.24, 2.45) is 0 Å². The average Bonchev–Trinajstić information content (AvgIpc) is 2.16. The van der Waals surface area contributed by atoms with Gasteiger partial charge in [-0.1, -0.05) is 12.2 Å². The van der Waals surface area contributed by atoms with Gasteiger partial charge in [0.05, 0.1) is 7.11 Å². The zero-order valence-electron chi connectivity index (χ0n) is 8.30. The van der Waals surface area contributed by atoms with Crippen LogP contribution in [0.25, 0.3) is 0 Å². The van der Waals surface area contributed by atoms with E-state index in [1.54, 1.807) is 6.92 Å². The van der Waals surface area contributed by atoms with Crippen LogP contribution in [-0.2, 0) is 9.53 Å². The fraction of sp³-hybridized carbons (Fsp3) is 0.500. The highest BCUT2D eigenvalue weighted by molar-refractivity contribution is 5.87. The third kappa shape index (κ3) is 6.11. The maximum absolute atomic E-state index is 10.9. The Morgan fingerprint density at radius 1 is 1.62 bits per heavy atom. The van der Waals surface area contributed by atoms with Gasteiger partial charge in [0.2, 0.25) is 0 Å². The van der Waals surface area contributed by atoms with Crippen LogP contribution in [0.1, 0.15) is 13.3 Å². The summed E-state index contributed by atoms with van der Waals surface area (Å²) in [5, 5.41) is 3.14. The summed E-state index contributed by atoms with van der Waals surface area (Å²) in [5.74, 6) is -0.273. The van der Waals surface area contributed by atoms with E-state index in [9.17, 15) is 4.79 Å². The molecule has 0 aliphatic heterocycles. The third-order valence-electron chi connectivity index (χ3n) is 1.59. The summed E-state index contributed by atoms with van der Waals surface area (Å²) in [6.45, 7) is 6.92. The average molecular weight is 183 g/mol. The normalized spacial score (nSPS) is 11.1. The Hall–Kier alpha value is -1.09. The minimum Gasteiger partial charge on any atom is -0.466 e. The first kappa shape index (κ1) is 11.9. The number of rotatable bonds is 6. The fourth-order valence-corrected chi connectivity index (χ4v) is 0.776. The van der Waals surface area contributed by atoms with Crippen LogP contribution >= 0.6 is 0 Å². The maximum Gasteiger partial charge on any atom is 0.333 e. The first-order valence-electron chi connectivity index (χ1n) is 4.29. The predicted molar refractivity (Wildman–Crippen MR) is 53.5 cm³/mol. The van der Waals surface area contributed by atoms with Crippen LogP contribution in [0.3, 0.4) is 0 Å². The van der Waals surface area contributed by atoms with Crippen LogP contribution in [0, 0.1) is 0 Å². The summed E-state index contributed by atoms with van der Waals surface area (Å²) in [7, 11) is 1.38. The zero-order valence-corrected chi connectivity index (χ0v) is 8.30. The van der Waals surface area contributed by atoms with Crippen molar-refractivity contribution < 1.29 is 9.53 Å². The van der Waals surface area contributed by atoms with E-state index in [2.05, 4.69) is 16.6 Å². The van der Waals surface area contributed by atoms with Crippen molar-refractivity contribution in [3.63, 3.8) is 0 Å². The first-order chi connectivity index (χ1) is 6.22. The second kappa shape index (κ2) is 7.55. The van der Waals surface area contributed by atoms with Gasteiger partial charge in [-0.25, -0.2) is 4.79 Å². The highest BCUT2D eigenvalue weighted by atomic mass is 16.5. The van der Waals surface area contributed by atoms with Crippen LogP contribution in [0.5, 0.6) is 0 Å². The molecule has 0 fully saturated rings. The Bertz CT molecular complexity index is 197. The van der Waals surface area contributed by atoms with E-state index in [0.717, 1.165) is 13.0 Å². The molecule has 0 radical (unpaired) electrons. The van der Waals surface area contributed by atoms with Gasteiger partial charge < -0.3 is 10.1 Å². The number of carbonyl (C=O) groups is 1. The van der Waals surface area contributed by atoms with Crippen LogP contribution in [0.2, 0.25) is 0 Å². The van der Waals surface area contributed by atoms with Crippen LogP contribution < -0.4 is 5.32 Å². The molecular formula is C10H17NO2. The second-order valence-electron chi connectivity index (χ2n) is 2.66. The number of nitrogens with one attached hydrogen (secondary N) is 1. The van der Waals surface area contributed by atoms with E-state index in [1.165, 1.54) is 7.11 Å². The molecule has 0 unspecified atom stereocenters. The molecule has 0 bridgehead atoms. The largest absolute Gasteiger partial charge is 0.466 e. The monoisotopic (exact) mass is 183 g/mol. The van der Waals surface area contributed by atoms with E-state index < -0.39 is 0 Å². The molecule has 0 heterocycles. The molecule has 0 aromatic rings. The minimum absolute atomic E-state index is 0.273. The summed E-state index contributed by atoms with van der Waals surface area (Å²) in [6.07, 6.45) is 4.60. The Morgan fingerprint density at radius 2 is 2.31 bits per heavy atom. The Kier molecular flexibility index (Phi) is 6.92. The van der Waals surface area contributed by atoms with Crippen molar-refractivity contribution in [2.45, 2.75) is 13.3 Å². The van der Waals surface area contributed by atoms with E-state index in [-0.39, 0.29) is 5.97 Å². The molecule has 0 aromatic carbocycles. The lowest BCUT2D eigenvalue weighted by Gasteiger charge is -2.00. The molecular weight excluding hydrogens is 166 g/mol. The lowest BCUT2D eigenvalue weighted by Crippen LogP contribution is -2.15. The van der Waals surface area contributed by atoms with Crippen LogP contribution in [0.4, 0.5) is 0 Å². The van der Waals surface area contributed by atoms with Gasteiger partial charge in [-0.05, 0) is 19.9 Å². The first-order valence-corrected chi connectivity index (χ1v) is 4.29. The lowest BCUT2D eigenvalue weighted by molar-refractivity contribution is -0.136. The SMILES string of the molecule is C=CCCNC/C=C(\C)C(=O)OC. The van der Waals surface area contributed by atoms with Gasteiger partial charge in [0.15, 0.2) is 0 Å². The Morgan fingerprint density at radius 3 is 2.85 bits per heavy atom. The second-order valence-corrected chi connectivity index (χ2v) is 2.66. The molecule has 0 saturated heterocycles. The smallest absolute Gasteiger partial charge is 0.333 e. The zero-order chi connectivity index (χ0) is 10.1. The van der Waals surface area contributed by atoms with Gasteiger partial charge in [0, 0.05) is 12.1 Å². The predicted octanol–water partition coefficient (Wildman–Crippen LogP) is 1.27. The summed E-state index contributed by atoms with van der Waals surface area (Å²) >= 11 is 0. The van der Waals surface area contributed by atoms with Crippen molar-refractivity contribution in [3.05, 3.63) is 24.3 Å². The Balaban J connectivity index is 3.58. The molecule has 0 aromatic heterocycles. The highest BCUT2D eigenvalue weighted by Gasteiger charge is 2.00. The highest BCUT2D eigenvalue weighted by Crippen LogP contribution is 1.93. The standard InChI is InChI=1S/C10H17NO2/c1-4-5-7-11-8-6-9(2)10(12)13-3/h4,6,11H,1,5,7-8H2,2-3H3/b9-6+. The van der Waals surface area contributed by atoms with Crippen LogP contribution in [0.15, 0.2) is 24.3 Å². The molecule has 0 rings (SSSR count). The minimum atomic E-state index is -0.273. The number of hydrogen-bond donors (Lipinski definition) is 1. The summed E-state index contributed by atoms with van der Waals surface area (Å²) in [6, 6.07) is 0. The molecule has 0 atom stereocenters. The number of methoxy groups -OCH3 is 1. The molecule has 0 aliphatic carbocycles. The number of esters is 1. The molecule has 3 heteroatoms. The van der Waals surface area contributed by atoms with Gasteiger partial charge in [0.1, 0.15) is 0 Å². The van der Waals surface area contributed by atoms with E-state index in [4.69, 9.17) is 0 Å². The van der Waals surface area contributed by atoms with Gasteiger partial charge in [-0.15, -0.1) is 6.58 Å². The molecule has 0 spiro atoms. The summed E-state index contributed by atoms with van der Waals surface area (Å²) in [4.78, 5) is 10.9. The number of ether oxygens (including phenoxy) is 1. The number of hydrogen-bond acceptors (Lipinski definition) is 3. The molecule has 3 nitrogen and oxygen atoms in total. The van der Waals surface area contributed by atoms with Crippen molar-refractivity contribution in [3.8, 4) is 0 Å². The molecule has 13 heavy (non-hydrogen) atoms. The van der Waals surface area contributed by atoms with Crippen molar-refractivity contribution in [2.75, 3.05) is 20.2 Å². The fourth-order valence-electron chi connectivity index (χ4n) is 0.776. The van der Waals surface area contributed by atoms with Gasteiger partial charge in [-0.2, -0.15) is 0 Å². The molecule has 0 amide bonds. The van der Waals surface area contributed by atoms with Gasteiger partial charge >= 0.3 is 5.97 Å². The van der Waals surface area contributed by atoms with Crippen molar-refractivity contribution in [1.29, 1.82) is 0 Å². The lowest BCUT2D eigenvalue weighted by atomic mass is 10.3. The number of carbonyl (C=O) groups excluding carboxylic acids is 1. The molecule has 1 N–H and O–H groups in total. The van der Waals surface area contributed by atoms with Crippen LogP contribution in [-0.4, -0.2) is 26.2 Å². The summed E-state index contributed by atoms with van der Waals surface area (Å²) < 4.78 is 4.54. The van der Waals surface area contributed by atoms with Gasteiger partial charge in [-0.3, -0.25) is 0 Å². The summed E-state index contributed by atoms with van der Waals surface area (Å²) in [5.41, 5.74) is 0.633. The topological polar surface area (TPSA) is 38.3 Å².